The molecule has 104 valence electrons. The summed E-state index contributed by atoms with van der Waals surface area (Å²) >= 11 is 5.91. The maximum atomic E-state index is 11.1. The third kappa shape index (κ3) is 3.07. The van der Waals surface area contributed by atoms with Gasteiger partial charge >= 0.3 is 5.69 Å². The number of hydrogen-bond donors (Lipinski definition) is 1. The van der Waals surface area contributed by atoms with Crippen molar-refractivity contribution in [3.63, 3.8) is 0 Å². The minimum Gasteiger partial charge on any atom is -0.450 e. The highest BCUT2D eigenvalue weighted by Crippen LogP contribution is 2.34. The highest BCUT2D eigenvalue weighted by Gasteiger charge is 2.17. The zero-order valence-electron chi connectivity index (χ0n) is 10.8. The van der Waals surface area contributed by atoms with E-state index in [0.717, 1.165) is 11.1 Å². The summed E-state index contributed by atoms with van der Waals surface area (Å²) in [6.45, 7) is 2.04. The Morgan fingerprint density at radius 3 is 2.65 bits per heavy atom. The van der Waals surface area contributed by atoms with Crippen molar-refractivity contribution in [1.29, 1.82) is 0 Å². The molecule has 2 aromatic rings. The fraction of sp³-hybridized carbons (Fsp3) is 0.143. The molecular weight excluding hydrogens is 280 g/mol. The zero-order valence-corrected chi connectivity index (χ0v) is 11.6. The summed E-state index contributed by atoms with van der Waals surface area (Å²) in [5.74, 6) is 0.588. The zero-order chi connectivity index (χ0) is 14.7. The monoisotopic (exact) mass is 292 g/mol. The number of rotatable bonds is 4. The van der Waals surface area contributed by atoms with Crippen LogP contribution in [0.2, 0.25) is 5.02 Å². The lowest BCUT2D eigenvalue weighted by atomic mass is 10.2. The van der Waals surface area contributed by atoms with Crippen LogP contribution < -0.4 is 10.5 Å². The number of nitrogens with two attached hydrogens (primary N) is 1. The number of nitrogens with zero attached hydrogens (tertiary/aromatic N) is 1. The van der Waals surface area contributed by atoms with Gasteiger partial charge in [0.1, 0.15) is 5.75 Å². The molecule has 0 spiro atoms. The van der Waals surface area contributed by atoms with Crippen LogP contribution in [0.25, 0.3) is 0 Å². The maximum absolute atomic E-state index is 11.1. The van der Waals surface area contributed by atoms with Crippen molar-refractivity contribution < 1.29 is 9.66 Å². The number of hydrogen-bond acceptors (Lipinski definition) is 4. The fourth-order valence-corrected chi connectivity index (χ4v) is 1.93. The number of nitro benzene ring substituents is 1. The summed E-state index contributed by atoms with van der Waals surface area (Å²) in [6, 6.07) is 9.79. The molecule has 0 amide bonds. The Kier molecular flexibility index (Phi) is 4.22. The Morgan fingerprint density at radius 1 is 1.25 bits per heavy atom. The molecule has 2 N–H and O–H groups in total. The third-order valence-corrected chi connectivity index (χ3v) is 3.02. The molecule has 0 fully saturated rings. The summed E-state index contributed by atoms with van der Waals surface area (Å²) < 4.78 is 5.62. The first kappa shape index (κ1) is 14.3. The molecule has 0 aliphatic rings. The van der Waals surface area contributed by atoms with Gasteiger partial charge in [-0.2, -0.15) is 0 Å². The van der Waals surface area contributed by atoms with Gasteiger partial charge in [0.15, 0.2) is 0 Å². The summed E-state index contributed by atoms with van der Waals surface area (Å²) in [4.78, 5) is 10.6. The topological polar surface area (TPSA) is 78.4 Å². The molecule has 0 atom stereocenters. The van der Waals surface area contributed by atoms with Crippen LogP contribution in [0.3, 0.4) is 0 Å². The van der Waals surface area contributed by atoms with Gasteiger partial charge in [-0.3, -0.25) is 10.1 Å². The maximum Gasteiger partial charge on any atom is 0.311 e. The number of nitro groups is 1. The van der Waals surface area contributed by atoms with E-state index in [4.69, 9.17) is 22.1 Å². The van der Waals surface area contributed by atoms with Crippen molar-refractivity contribution in [2.75, 3.05) is 0 Å². The molecule has 0 saturated carbocycles. The molecule has 2 rings (SSSR count). The summed E-state index contributed by atoms with van der Waals surface area (Å²) in [6.07, 6.45) is 0. The van der Waals surface area contributed by atoms with Crippen LogP contribution in [0.4, 0.5) is 5.69 Å². The Morgan fingerprint density at radius 2 is 2.00 bits per heavy atom. The van der Waals surface area contributed by atoms with Crippen LogP contribution in [-0.2, 0) is 6.54 Å². The Hall–Kier alpha value is -2.11. The second-order valence-electron chi connectivity index (χ2n) is 4.29. The molecule has 5 nitrogen and oxygen atoms in total. The van der Waals surface area contributed by atoms with E-state index in [2.05, 4.69) is 0 Å². The average molecular weight is 293 g/mol. The number of benzene rings is 2. The molecule has 0 heterocycles. The highest BCUT2D eigenvalue weighted by atomic mass is 35.5. The van der Waals surface area contributed by atoms with E-state index in [1.54, 1.807) is 37.3 Å². The van der Waals surface area contributed by atoms with Gasteiger partial charge in [-0.1, -0.05) is 23.7 Å². The fourth-order valence-electron chi connectivity index (χ4n) is 1.77. The molecule has 20 heavy (non-hydrogen) atoms. The molecule has 0 bridgehead atoms. The van der Waals surface area contributed by atoms with Crippen molar-refractivity contribution in [2.24, 2.45) is 5.73 Å². The van der Waals surface area contributed by atoms with E-state index >= 15 is 0 Å². The lowest BCUT2D eigenvalue weighted by Gasteiger charge is -2.11. The summed E-state index contributed by atoms with van der Waals surface area (Å²) in [5, 5.41) is 11.5. The Labute approximate surface area is 121 Å². The standard InChI is InChI=1S/C14H13ClN2O3/c1-9-2-5-13(12(6-9)17(18)19)20-14-7-11(15)4-3-10(14)8-16/h2-7H,8,16H2,1H3. The first-order chi connectivity index (χ1) is 9.51. The van der Waals surface area contributed by atoms with Gasteiger partial charge in [-0.05, 0) is 30.7 Å². The molecular formula is C14H13ClN2O3. The van der Waals surface area contributed by atoms with Crippen molar-refractivity contribution in [3.8, 4) is 11.5 Å². The minimum absolute atomic E-state index is 0.0899. The van der Waals surface area contributed by atoms with Gasteiger partial charge in [0.2, 0.25) is 5.75 Å². The van der Waals surface area contributed by atoms with Crippen LogP contribution in [-0.4, -0.2) is 4.92 Å². The van der Waals surface area contributed by atoms with Crippen molar-refractivity contribution in [1.82, 2.24) is 0 Å². The Bertz CT molecular complexity index is 659. The van der Waals surface area contributed by atoms with E-state index in [1.807, 2.05) is 0 Å². The van der Waals surface area contributed by atoms with Crippen LogP contribution >= 0.6 is 11.6 Å². The smallest absolute Gasteiger partial charge is 0.311 e. The summed E-state index contributed by atoms with van der Waals surface area (Å²) in [5.41, 5.74) is 7.04. The molecule has 0 saturated heterocycles. The minimum atomic E-state index is -0.477. The van der Waals surface area contributed by atoms with Crippen LogP contribution in [0.1, 0.15) is 11.1 Å². The van der Waals surface area contributed by atoms with Crippen molar-refractivity contribution in [3.05, 3.63) is 62.7 Å². The van der Waals surface area contributed by atoms with Crippen molar-refractivity contribution in [2.45, 2.75) is 13.5 Å². The number of halogens is 1. The third-order valence-electron chi connectivity index (χ3n) is 2.78. The first-order valence-electron chi connectivity index (χ1n) is 5.92. The second-order valence-corrected chi connectivity index (χ2v) is 4.72. The predicted octanol–water partition coefficient (Wildman–Crippen LogP) is 3.81. The molecule has 0 aromatic heterocycles. The average Bonchev–Trinajstić information content (AvgIpc) is 2.41. The van der Waals surface area contributed by atoms with Gasteiger partial charge in [0.25, 0.3) is 0 Å². The quantitative estimate of drug-likeness (QED) is 0.686. The molecule has 6 heteroatoms. The van der Waals surface area contributed by atoms with E-state index in [-0.39, 0.29) is 18.0 Å². The lowest BCUT2D eigenvalue weighted by molar-refractivity contribution is -0.385. The van der Waals surface area contributed by atoms with Crippen LogP contribution in [0, 0.1) is 17.0 Å². The van der Waals surface area contributed by atoms with Crippen molar-refractivity contribution >= 4 is 17.3 Å². The number of aryl methyl sites for hydroxylation is 1. The van der Waals surface area contributed by atoms with Gasteiger partial charge < -0.3 is 10.5 Å². The highest BCUT2D eigenvalue weighted by molar-refractivity contribution is 6.30. The Balaban J connectivity index is 2.44. The lowest BCUT2D eigenvalue weighted by Crippen LogP contribution is -2.00. The predicted molar refractivity (Wildman–Crippen MR) is 77.3 cm³/mol. The van der Waals surface area contributed by atoms with E-state index < -0.39 is 4.92 Å². The van der Waals surface area contributed by atoms with Crippen LogP contribution in [0.5, 0.6) is 11.5 Å². The second kappa shape index (κ2) is 5.90. The molecule has 2 aromatic carbocycles. The normalized spacial score (nSPS) is 10.3. The van der Waals surface area contributed by atoms with Crippen LogP contribution in [0.15, 0.2) is 36.4 Å². The molecule has 0 unspecified atom stereocenters. The van der Waals surface area contributed by atoms with Gasteiger partial charge in [0.05, 0.1) is 4.92 Å². The first-order valence-corrected chi connectivity index (χ1v) is 6.30. The number of ether oxygens (including phenoxy) is 1. The largest absolute Gasteiger partial charge is 0.450 e. The van der Waals surface area contributed by atoms with Gasteiger partial charge in [0, 0.05) is 23.2 Å². The molecule has 0 aliphatic heterocycles. The summed E-state index contributed by atoms with van der Waals surface area (Å²) in [7, 11) is 0. The van der Waals surface area contributed by atoms with Gasteiger partial charge in [-0.25, -0.2) is 0 Å². The van der Waals surface area contributed by atoms with E-state index in [9.17, 15) is 10.1 Å². The van der Waals surface area contributed by atoms with E-state index in [1.165, 1.54) is 6.07 Å². The SMILES string of the molecule is Cc1ccc(Oc2cc(Cl)ccc2CN)c([N+](=O)[O-])c1. The molecule has 0 aliphatic carbocycles. The van der Waals surface area contributed by atoms with E-state index in [0.29, 0.717) is 10.8 Å². The molecule has 0 radical (unpaired) electrons. The van der Waals surface area contributed by atoms with Gasteiger partial charge in [-0.15, -0.1) is 0 Å².